The Morgan fingerprint density at radius 2 is 1.69 bits per heavy atom. The number of rotatable bonds is 8. The lowest BCUT2D eigenvalue weighted by Crippen LogP contribution is -2.54. The van der Waals surface area contributed by atoms with Gasteiger partial charge in [-0.2, -0.15) is 0 Å². The smallest absolute Gasteiger partial charge is 0.261 e. The Kier molecular flexibility index (Phi) is 8.99. The predicted molar refractivity (Wildman–Crippen MR) is 130 cm³/mol. The molecule has 2 amide bonds. The Hall–Kier alpha value is -2.24. The number of carbonyl (C=O) groups excluding carboxylic acids is 2. The highest BCUT2D eigenvalue weighted by Gasteiger charge is 2.31. The van der Waals surface area contributed by atoms with E-state index < -0.39 is 11.6 Å². The number of halogens is 2. The lowest BCUT2D eigenvalue weighted by Gasteiger charge is -2.33. The fourth-order valence-corrected chi connectivity index (χ4v) is 3.92. The molecule has 0 heterocycles. The maximum absolute atomic E-state index is 13.3. The first-order valence-corrected chi connectivity index (χ1v) is 11.4. The van der Waals surface area contributed by atoms with Crippen molar-refractivity contribution >= 4 is 35.0 Å². The van der Waals surface area contributed by atoms with Crippen LogP contribution in [-0.2, 0) is 16.1 Å². The first kappa shape index (κ1) is 26.0. The van der Waals surface area contributed by atoms with Crippen molar-refractivity contribution < 1.29 is 14.3 Å². The van der Waals surface area contributed by atoms with Crippen molar-refractivity contribution in [2.45, 2.75) is 66.1 Å². The van der Waals surface area contributed by atoms with E-state index in [4.69, 9.17) is 27.9 Å². The van der Waals surface area contributed by atoms with Crippen LogP contribution in [0, 0.1) is 13.8 Å². The second-order valence-corrected chi connectivity index (χ2v) is 9.88. The van der Waals surface area contributed by atoms with Crippen LogP contribution in [0.5, 0.6) is 5.75 Å². The summed E-state index contributed by atoms with van der Waals surface area (Å²) in [6, 6.07) is 10.2. The molecule has 5 nitrogen and oxygen atoms in total. The molecule has 0 fully saturated rings. The van der Waals surface area contributed by atoms with Crippen LogP contribution in [0.4, 0.5) is 0 Å². The zero-order valence-electron chi connectivity index (χ0n) is 19.6. The molecule has 0 aliphatic carbocycles. The number of benzene rings is 2. The van der Waals surface area contributed by atoms with Gasteiger partial charge >= 0.3 is 0 Å². The minimum atomic E-state index is -0.670. The number of hydrogen-bond acceptors (Lipinski definition) is 3. The summed E-state index contributed by atoms with van der Waals surface area (Å²) in [4.78, 5) is 27.8. The molecular weight excluding hydrogens is 447 g/mol. The van der Waals surface area contributed by atoms with Gasteiger partial charge in [0.15, 0.2) is 6.61 Å². The second-order valence-electron chi connectivity index (χ2n) is 9.03. The zero-order valence-corrected chi connectivity index (χ0v) is 21.1. The fraction of sp³-hybridized carbons (Fsp3) is 0.440. The molecule has 0 aliphatic heterocycles. The molecular formula is C25H32Cl2N2O3. The van der Waals surface area contributed by atoms with Crippen LogP contribution >= 0.6 is 23.2 Å². The minimum Gasteiger partial charge on any atom is -0.484 e. The largest absolute Gasteiger partial charge is 0.484 e. The first-order chi connectivity index (χ1) is 14.9. The summed E-state index contributed by atoms with van der Waals surface area (Å²) in [5.74, 6) is 0.100. The van der Waals surface area contributed by atoms with Crippen molar-refractivity contribution in [3.63, 3.8) is 0 Å². The Labute approximate surface area is 201 Å². The molecule has 2 aromatic rings. The summed E-state index contributed by atoms with van der Waals surface area (Å²) in [6.45, 7) is 11.5. The van der Waals surface area contributed by atoms with Crippen molar-refractivity contribution in [2.75, 3.05) is 6.61 Å². The third-order valence-electron chi connectivity index (χ3n) is 4.80. The van der Waals surface area contributed by atoms with E-state index in [0.29, 0.717) is 27.8 Å². The van der Waals surface area contributed by atoms with E-state index in [2.05, 4.69) is 5.32 Å². The van der Waals surface area contributed by atoms with Crippen molar-refractivity contribution in [1.29, 1.82) is 0 Å². The number of hydrogen-bond donors (Lipinski definition) is 1. The highest BCUT2D eigenvalue weighted by atomic mass is 35.5. The lowest BCUT2D eigenvalue weighted by atomic mass is 10.1. The summed E-state index contributed by atoms with van der Waals surface area (Å²) < 4.78 is 5.80. The van der Waals surface area contributed by atoms with Gasteiger partial charge in [0.2, 0.25) is 5.91 Å². The molecule has 0 aliphatic rings. The van der Waals surface area contributed by atoms with Crippen LogP contribution in [0.15, 0.2) is 36.4 Å². The van der Waals surface area contributed by atoms with E-state index in [1.165, 1.54) is 4.90 Å². The highest BCUT2D eigenvalue weighted by Crippen LogP contribution is 2.24. The van der Waals surface area contributed by atoms with Crippen molar-refractivity contribution in [2.24, 2.45) is 0 Å². The Bertz CT molecular complexity index is 950. The van der Waals surface area contributed by atoms with Gasteiger partial charge in [-0.15, -0.1) is 0 Å². The lowest BCUT2D eigenvalue weighted by molar-refractivity contribution is -0.143. The molecule has 0 aromatic heterocycles. The second kappa shape index (κ2) is 11.1. The number of nitrogens with zero attached hydrogens (tertiary/aromatic N) is 1. The zero-order chi connectivity index (χ0) is 24.1. The number of nitrogens with one attached hydrogen (secondary N) is 1. The van der Waals surface area contributed by atoms with Gasteiger partial charge in [0.05, 0.1) is 0 Å². The van der Waals surface area contributed by atoms with Crippen molar-refractivity contribution in [3.8, 4) is 5.75 Å². The van der Waals surface area contributed by atoms with Gasteiger partial charge in [-0.25, -0.2) is 0 Å². The molecule has 2 rings (SSSR count). The molecule has 0 saturated heterocycles. The third kappa shape index (κ3) is 7.72. The molecule has 32 heavy (non-hydrogen) atoms. The number of ether oxygens (including phenoxy) is 1. The van der Waals surface area contributed by atoms with Gasteiger partial charge in [-0.1, -0.05) is 42.3 Å². The monoisotopic (exact) mass is 478 g/mol. The molecule has 1 unspecified atom stereocenters. The molecule has 7 heteroatoms. The molecule has 0 radical (unpaired) electrons. The molecule has 2 aromatic carbocycles. The van der Waals surface area contributed by atoms with Gasteiger partial charge in [-0.05, 0) is 82.0 Å². The molecule has 1 atom stereocenters. The summed E-state index contributed by atoms with van der Waals surface area (Å²) in [5.41, 5.74) is 2.38. The number of carbonyl (C=O) groups is 2. The summed E-state index contributed by atoms with van der Waals surface area (Å²) >= 11 is 12.4. The van der Waals surface area contributed by atoms with Gasteiger partial charge in [0.1, 0.15) is 11.8 Å². The third-order valence-corrected chi connectivity index (χ3v) is 5.38. The maximum Gasteiger partial charge on any atom is 0.261 e. The van der Waals surface area contributed by atoms with Gasteiger partial charge < -0.3 is 15.0 Å². The summed E-state index contributed by atoms with van der Waals surface area (Å²) in [5, 5.41) is 3.92. The highest BCUT2D eigenvalue weighted by molar-refractivity contribution is 6.35. The Balaban J connectivity index is 2.30. The van der Waals surface area contributed by atoms with E-state index in [1.54, 1.807) is 18.2 Å². The van der Waals surface area contributed by atoms with E-state index in [1.807, 2.05) is 59.7 Å². The Morgan fingerprint density at radius 1 is 1.06 bits per heavy atom. The minimum absolute atomic E-state index is 0.168. The molecule has 0 bridgehead atoms. The molecule has 174 valence electrons. The van der Waals surface area contributed by atoms with Gasteiger partial charge in [-0.3, -0.25) is 9.59 Å². The van der Waals surface area contributed by atoms with Crippen molar-refractivity contribution in [3.05, 3.63) is 63.1 Å². The van der Waals surface area contributed by atoms with Gasteiger partial charge in [0, 0.05) is 22.1 Å². The topological polar surface area (TPSA) is 58.6 Å². The SMILES string of the molecule is CCC(C(=O)NC(C)(C)C)N(Cc1ccc(Cl)cc1Cl)C(=O)COc1cc(C)cc(C)c1. The van der Waals surface area contributed by atoms with E-state index >= 15 is 0 Å². The normalized spacial score (nSPS) is 12.2. The van der Waals surface area contributed by atoms with Crippen LogP contribution in [0.3, 0.4) is 0 Å². The quantitative estimate of drug-likeness (QED) is 0.528. The molecule has 0 saturated carbocycles. The van der Waals surface area contributed by atoms with Crippen LogP contribution in [0.1, 0.15) is 50.8 Å². The standard InChI is InChI=1S/C25H32Cl2N2O3/c1-7-22(24(31)28-25(4,5)6)29(14-18-8-9-19(26)13-21(18)27)23(30)15-32-20-11-16(2)10-17(3)12-20/h8-13,22H,7,14-15H2,1-6H3,(H,28,31). The number of amides is 2. The average molecular weight is 479 g/mol. The summed E-state index contributed by atoms with van der Waals surface area (Å²) in [7, 11) is 0. The predicted octanol–water partition coefficient (Wildman–Crippen LogP) is 5.71. The van der Waals surface area contributed by atoms with Crippen LogP contribution in [-0.4, -0.2) is 34.9 Å². The van der Waals surface area contributed by atoms with Crippen molar-refractivity contribution in [1.82, 2.24) is 10.2 Å². The fourth-order valence-electron chi connectivity index (χ4n) is 3.45. The van der Waals surface area contributed by atoms with Crippen LogP contribution in [0.25, 0.3) is 0 Å². The van der Waals surface area contributed by atoms with E-state index in [0.717, 1.165) is 11.1 Å². The number of aryl methyl sites for hydroxylation is 2. The maximum atomic E-state index is 13.3. The first-order valence-electron chi connectivity index (χ1n) is 10.7. The van der Waals surface area contributed by atoms with E-state index in [-0.39, 0.29) is 25.0 Å². The average Bonchev–Trinajstić information content (AvgIpc) is 2.65. The van der Waals surface area contributed by atoms with E-state index in [9.17, 15) is 9.59 Å². The Morgan fingerprint density at radius 3 is 2.22 bits per heavy atom. The molecule has 1 N–H and O–H groups in total. The summed E-state index contributed by atoms with van der Waals surface area (Å²) in [6.07, 6.45) is 0.447. The molecule has 0 spiro atoms. The van der Waals surface area contributed by atoms with Gasteiger partial charge in [0.25, 0.3) is 5.91 Å². The van der Waals surface area contributed by atoms with Crippen LogP contribution < -0.4 is 10.1 Å². The van der Waals surface area contributed by atoms with Crippen LogP contribution in [0.2, 0.25) is 10.0 Å².